The van der Waals surface area contributed by atoms with Gasteiger partial charge >= 0.3 is 0 Å². The second-order valence-electron chi connectivity index (χ2n) is 7.00. The maximum atomic E-state index is 15.3. The van der Waals surface area contributed by atoms with Crippen molar-refractivity contribution in [3.63, 3.8) is 0 Å². The molecule has 0 saturated carbocycles. The molecule has 1 aliphatic rings. The molecule has 0 spiro atoms. The summed E-state index contributed by atoms with van der Waals surface area (Å²) in [5.74, 6) is 4.51. The van der Waals surface area contributed by atoms with Crippen LogP contribution >= 0.6 is 0 Å². The molecule has 0 aliphatic carbocycles. The smallest absolute Gasteiger partial charge is 0.161 e. The van der Waals surface area contributed by atoms with E-state index in [0.29, 0.717) is 22.6 Å². The summed E-state index contributed by atoms with van der Waals surface area (Å²) in [6, 6.07) is 6.67. The molecule has 1 aliphatic heterocycles. The number of amidine groups is 1. The van der Waals surface area contributed by atoms with E-state index in [1.165, 1.54) is 6.07 Å². The summed E-state index contributed by atoms with van der Waals surface area (Å²) in [4.78, 5) is 7.40. The molecular formula is C19H19F2N5. The SMILES string of the molecule is Cc1c[nH]c2c(-c3c(F)cc4c(c3F)N=C(NN)C(C)(C)N4)cccc12. The van der Waals surface area contributed by atoms with Crippen LogP contribution in [-0.4, -0.2) is 16.4 Å². The average Bonchev–Trinajstić information content (AvgIpc) is 2.96. The van der Waals surface area contributed by atoms with Gasteiger partial charge < -0.3 is 15.7 Å². The van der Waals surface area contributed by atoms with Crippen LogP contribution in [0.25, 0.3) is 22.0 Å². The summed E-state index contributed by atoms with van der Waals surface area (Å²) in [6.45, 7) is 5.58. The fraction of sp³-hybridized carbons (Fsp3) is 0.211. The first-order valence-electron chi connectivity index (χ1n) is 8.26. The van der Waals surface area contributed by atoms with E-state index in [0.717, 1.165) is 10.9 Å². The monoisotopic (exact) mass is 355 g/mol. The van der Waals surface area contributed by atoms with Crippen LogP contribution in [0.1, 0.15) is 19.4 Å². The molecule has 3 aromatic rings. The van der Waals surface area contributed by atoms with E-state index in [9.17, 15) is 4.39 Å². The molecule has 26 heavy (non-hydrogen) atoms. The molecule has 0 radical (unpaired) electrons. The van der Waals surface area contributed by atoms with Crippen molar-refractivity contribution < 1.29 is 8.78 Å². The van der Waals surface area contributed by atoms with Crippen molar-refractivity contribution in [3.05, 3.63) is 47.7 Å². The first-order chi connectivity index (χ1) is 12.3. The van der Waals surface area contributed by atoms with Crippen molar-refractivity contribution in [3.8, 4) is 11.1 Å². The third-order valence-electron chi connectivity index (χ3n) is 4.78. The molecule has 0 bridgehead atoms. The van der Waals surface area contributed by atoms with Gasteiger partial charge in [0.2, 0.25) is 0 Å². The molecule has 0 fully saturated rings. The summed E-state index contributed by atoms with van der Waals surface area (Å²) in [7, 11) is 0. The van der Waals surface area contributed by atoms with Gasteiger partial charge in [-0.05, 0) is 26.3 Å². The molecule has 5 N–H and O–H groups in total. The highest BCUT2D eigenvalue weighted by Gasteiger charge is 2.33. The van der Waals surface area contributed by atoms with Gasteiger partial charge in [0.25, 0.3) is 0 Å². The zero-order chi connectivity index (χ0) is 18.6. The number of nitrogens with one attached hydrogen (secondary N) is 3. The number of benzene rings is 2. The number of rotatable bonds is 1. The number of aryl methyl sites for hydroxylation is 1. The summed E-state index contributed by atoms with van der Waals surface area (Å²) in [6.07, 6.45) is 1.82. The zero-order valence-electron chi connectivity index (χ0n) is 14.7. The van der Waals surface area contributed by atoms with E-state index in [1.807, 2.05) is 33.0 Å². The zero-order valence-corrected chi connectivity index (χ0v) is 14.7. The number of aromatic amines is 1. The Bertz CT molecular complexity index is 1070. The maximum Gasteiger partial charge on any atom is 0.161 e. The minimum absolute atomic E-state index is 0.0361. The second kappa shape index (κ2) is 5.54. The van der Waals surface area contributed by atoms with Gasteiger partial charge in [-0.25, -0.2) is 19.6 Å². The van der Waals surface area contributed by atoms with Crippen LogP contribution in [0.4, 0.5) is 20.2 Å². The van der Waals surface area contributed by atoms with Gasteiger partial charge in [0, 0.05) is 23.2 Å². The van der Waals surface area contributed by atoms with Crippen LogP contribution in [0.5, 0.6) is 0 Å². The second-order valence-corrected chi connectivity index (χ2v) is 7.00. The van der Waals surface area contributed by atoms with Crippen molar-refractivity contribution in [2.75, 3.05) is 5.32 Å². The van der Waals surface area contributed by atoms with Crippen molar-refractivity contribution in [1.29, 1.82) is 0 Å². The van der Waals surface area contributed by atoms with Crippen LogP contribution in [0.2, 0.25) is 0 Å². The predicted molar refractivity (Wildman–Crippen MR) is 101 cm³/mol. The molecule has 2 heterocycles. The first-order valence-corrected chi connectivity index (χ1v) is 8.26. The number of para-hydroxylation sites is 1. The molecule has 5 nitrogen and oxygen atoms in total. The molecule has 0 unspecified atom stereocenters. The summed E-state index contributed by atoms with van der Waals surface area (Å²) in [5.41, 5.74) is 4.19. The van der Waals surface area contributed by atoms with Gasteiger partial charge in [0.15, 0.2) is 5.82 Å². The lowest BCUT2D eigenvalue weighted by Crippen LogP contribution is -2.51. The van der Waals surface area contributed by atoms with Crippen LogP contribution < -0.4 is 16.6 Å². The molecule has 134 valence electrons. The Morgan fingerprint density at radius 2 is 2.00 bits per heavy atom. The number of aromatic nitrogens is 1. The van der Waals surface area contributed by atoms with E-state index in [4.69, 9.17) is 5.84 Å². The summed E-state index contributed by atoms with van der Waals surface area (Å²) >= 11 is 0. The molecule has 7 heteroatoms. The number of hydrogen-bond donors (Lipinski definition) is 4. The van der Waals surface area contributed by atoms with Gasteiger partial charge in [-0.3, -0.25) is 0 Å². The number of anilines is 1. The van der Waals surface area contributed by atoms with Crippen molar-refractivity contribution in [1.82, 2.24) is 10.4 Å². The fourth-order valence-electron chi connectivity index (χ4n) is 3.42. The van der Waals surface area contributed by atoms with Gasteiger partial charge in [0.05, 0.1) is 22.3 Å². The summed E-state index contributed by atoms with van der Waals surface area (Å²) < 4.78 is 30.2. The lowest BCUT2D eigenvalue weighted by Gasteiger charge is -2.33. The normalized spacial score (nSPS) is 15.4. The third kappa shape index (κ3) is 2.28. The molecule has 2 aromatic carbocycles. The van der Waals surface area contributed by atoms with E-state index < -0.39 is 17.2 Å². The molecule has 1 aromatic heterocycles. The van der Waals surface area contributed by atoms with Gasteiger partial charge in [-0.15, -0.1) is 0 Å². The molecule has 4 rings (SSSR count). The van der Waals surface area contributed by atoms with Crippen LogP contribution in [0.15, 0.2) is 35.5 Å². The predicted octanol–water partition coefficient (Wildman–Crippen LogP) is 4.12. The quantitative estimate of drug-likeness (QED) is 0.392. The average molecular weight is 355 g/mol. The number of hydrogen-bond acceptors (Lipinski definition) is 4. The lowest BCUT2D eigenvalue weighted by molar-refractivity contribution is 0.588. The van der Waals surface area contributed by atoms with Crippen LogP contribution in [0.3, 0.4) is 0 Å². The largest absolute Gasteiger partial charge is 0.371 e. The lowest BCUT2D eigenvalue weighted by atomic mass is 9.96. The Labute approximate surface area is 149 Å². The first kappa shape index (κ1) is 16.5. The molecular weight excluding hydrogens is 336 g/mol. The van der Waals surface area contributed by atoms with Gasteiger partial charge in [-0.1, -0.05) is 18.2 Å². The summed E-state index contributed by atoms with van der Waals surface area (Å²) in [5, 5.41) is 4.00. The highest BCUT2D eigenvalue weighted by molar-refractivity contribution is 6.02. The number of H-pyrrole nitrogens is 1. The maximum absolute atomic E-state index is 15.3. The number of nitrogens with two attached hydrogens (primary N) is 1. The molecule has 0 amide bonds. The van der Waals surface area contributed by atoms with Gasteiger partial charge in [-0.2, -0.15) is 0 Å². The molecule has 0 atom stereocenters. The third-order valence-corrected chi connectivity index (χ3v) is 4.78. The van der Waals surface area contributed by atoms with E-state index in [2.05, 4.69) is 20.7 Å². The Balaban J connectivity index is 2.00. The molecule has 0 saturated heterocycles. The minimum Gasteiger partial charge on any atom is -0.371 e. The van der Waals surface area contributed by atoms with Crippen molar-refractivity contribution >= 4 is 28.1 Å². The highest BCUT2D eigenvalue weighted by Crippen LogP contribution is 2.43. The number of halogens is 2. The van der Waals surface area contributed by atoms with Crippen molar-refractivity contribution in [2.24, 2.45) is 10.8 Å². The van der Waals surface area contributed by atoms with E-state index in [1.54, 1.807) is 12.1 Å². The topological polar surface area (TPSA) is 78.2 Å². The Hall–Kier alpha value is -2.93. The number of hydrazine groups is 1. The van der Waals surface area contributed by atoms with E-state index >= 15 is 4.39 Å². The highest BCUT2D eigenvalue weighted by atomic mass is 19.1. The van der Waals surface area contributed by atoms with Crippen LogP contribution in [0, 0.1) is 18.6 Å². The Morgan fingerprint density at radius 1 is 1.23 bits per heavy atom. The minimum atomic E-state index is -0.726. The van der Waals surface area contributed by atoms with Crippen molar-refractivity contribution in [2.45, 2.75) is 26.3 Å². The Morgan fingerprint density at radius 3 is 2.73 bits per heavy atom. The van der Waals surface area contributed by atoms with Gasteiger partial charge in [0.1, 0.15) is 17.3 Å². The van der Waals surface area contributed by atoms with E-state index in [-0.39, 0.29) is 11.3 Å². The standard InChI is InChI=1S/C19H19F2N5/c1-9-8-23-16-10(9)5-4-6-11(16)14-12(20)7-13-17(15(14)21)24-18(26-22)19(2,3)25-13/h4-8,23,25H,22H2,1-3H3,(H,24,26). The number of fused-ring (bicyclic) bond motifs is 2. The van der Waals surface area contributed by atoms with Crippen LogP contribution in [-0.2, 0) is 0 Å². The number of aliphatic imine (C=N–C) groups is 1. The number of nitrogens with zero attached hydrogens (tertiary/aromatic N) is 1. The fourth-order valence-corrected chi connectivity index (χ4v) is 3.42. The Kier molecular flexibility index (Phi) is 3.52.